The Labute approximate surface area is 105 Å². The van der Waals surface area contributed by atoms with Crippen LogP contribution >= 0.6 is 38.6 Å². The smallest absolute Gasteiger partial charge is 0.125 e. The van der Waals surface area contributed by atoms with Gasteiger partial charge in [0, 0.05) is 39.7 Å². The van der Waals surface area contributed by atoms with Crippen LogP contribution < -0.4 is 0 Å². The van der Waals surface area contributed by atoms with Crippen molar-refractivity contribution in [3.05, 3.63) is 26.3 Å². The summed E-state index contributed by atoms with van der Waals surface area (Å²) >= 11 is 6.88. The van der Waals surface area contributed by atoms with Gasteiger partial charge in [-0.05, 0) is 15.9 Å². The molecule has 0 amide bonds. The van der Waals surface area contributed by atoms with Gasteiger partial charge in [0.1, 0.15) is 5.01 Å². The second-order valence-corrected chi connectivity index (χ2v) is 5.48. The topological polar surface area (TPSA) is 22.1 Å². The summed E-state index contributed by atoms with van der Waals surface area (Å²) in [5.41, 5.74) is 2.30. The molecule has 0 saturated heterocycles. The van der Waals surface area contributed by atoms with Crippen LogP contribution in [0.3, 0.4) is 0 Å². The van der Waals surface area contributed by atoms with Gasteiger partial charge in [-0.2, -0.15) is 11.3 Å². The molecule has 0 spiro atoms. The third kappa shape index (κ3) is 2.66. The van der Waals surface area contributed by atoms with Gasteiger partial charge in [0.2, 0.25) is 0 Å². The minimum Gasteiger partial charge on any atom is -0.384 e. The summed E-state index contributed by atoms with van der Waals surface area (Å²) in [5.74, 6) is 0. The normalized spacial score (nSPS) is 10.8. The third-order valence-corrected chi connectivity index (χ3v) is 4.59. The monoisotopic (exact) mass is 303 g/mol. The number of methoxy groups -OCH3 is 1. The average molecular weight is 304 g/mol. The van der Waals surface area contributed by atoms with E-state index in [0.717, 1.165) is 28.2 Å². The standard InChI is InChI=1S/C10H10BrNOS2/c1-13-3-2-7-4-15-10(12-7)8-5-14-6-9(8)11/h4-6H,2-3H2,1H3. The molecule has 80 valence electrons. The van der Waals surface area contributed by atoms with Crippen LogP contribution in [-0.2, 0) is 11.2 Å². The Morgan fingerprint density at radius 1 is 1.40 bits per heavy atom. The quantitative estimate of drug-likeness (QED) is 0.856. The number of hydrogen-bond acceptors (Lipinski definition) is 4. The summed E-state index contributed by atoms with van der Waals surface area (Å²) in [6, 6.07) is 0. The molecule has 2 nitrogen and oxygen atoms in total. The Morgan fingerprint density at radius 3 is 2.93 bits per heavy atom. The molecule has 0 saturated carbocycles. The number of thiophene rings is 1. The molecular weight excluding hydrogens is 294 g/mol. The Morgan fingerprint density at radius 2 is 2.27 bits per heavy atom. The lowest BCUT2D eigenvalue weighted by Crippen LogP contribution is -1.94. The van der Waals surface area contributed by atoms with Crippen molar-refractivity contribution in [2.24, 2.45) is 0 Å². The fourth-order valence-corrected chi connectivity index (χ4v) is 3.74. The second kappa shape index (κ2) is 5.21. The number of halogens is 1. The van der Waals surface area contributed by atoms with Crippen molar-refractivity contribution in [2.45, 2.75) is 6.42 Å². The maximum Gasteiger partial charge on any atom is 0.125 e. The maximum atomic E-state index is 5.03. The van der Waals surface area contributed by atoms with E-state index in [0.29, 0.717) is 0 Å². The largest absolute Gasteiger partial charge is 0.384 e. The molecule has 0 unspecified atom stereocenters. The lowest BCUT2D eigenvalue weighted by atomic mass is 10.3. The van der Waals surface area contributed by atoms with Crippen molar-refractivity contribution in [3.63, 3.8) is 0 Å². The van der Waals surface area contributed by atoms with Crippen molar-refractivity contribution in [3.8, 4) is 10.6 Å². The van der Waals surface area contributed by atoms with E-state index >= 15 is 0 Å². The molecule has 5 heteroatoms. The Bertz CT molecular complexity index is 438. The van der Waals surface area contributed by atoms with Crippen LogP contribution in [0.25, 0.3) is 10.6 Å². The Kier molecular flexibility index (Phi) is 3.91. The molecule has 0 aliphatic heterocycles. The average Bonchev–Trinajstić information content (AvgIpc) is 2.83. The van der Waals surface area contributed by atoms with Crippen LogP contribution in [-0.4, -0.2) is 18.7 Å². The van der Waals surface area contributed by atoms with Crippen LogP contribution in [0.1, 0.15) is 5.69 Å². The van der Waals surface area contributed by atoms with E-state index in [9.17, 15) is 0 Å². The van der Waals surface area contributed by atoms with Gasteiger partial charge < -0.3 is 4.74 Å². The Hall–Kier alpha value is -0.230. The first-order valence-electron chi connectivity index (χ1n) is 4.46. The van der Waals surface area contributed by atoms with Crippen molar-refractivity contribution in [2.75, 3.05) is 13.7 Å². The van der Waals surface area contributed by atoms with Crippen molar-refractivity contribution in [1.29, 1.82) is 0 Å². The number of rotatable bonds is 4. The molecule has 2 heterocycles. The van der Waals surface area contributed by atoms with Crippen LogP contribution in [0, 0.1) is 0 Å². The molecule has 0 radical (unpaired) electrons. The molecule has 2 aromatic rings. The summed E-state index contributed by atoms with van der Waals surface area (Å²) in [4.78, 5) is 4.57. The third-order valence-electron chi connectivity index (χ3n) is 1.96. The Balaban J connectivity index is 2.17. The summed E-state index contributed by atoms with van der Waals surface area (Å²) in [6.07, 6.45) is 0.884. The highest BCUT2D eigenvalue weighted by atomic mass is 79.9. The van der Waals surface area contributed by atoms with Gasteiger partial charge in [-0.1, -0.05) is 0 Å². The zero-order valence-corrected chi connectivity index (χ0v) is 11.4. The van der Waals surface area contributed by atoms with E-state index in [2.05, 4.69) is 37.1 Å². The summed E-state index contributed by atoms with van der Waals surface area (Å²) in [7, 11) is 1.71. The second-order valence-electron chi connectivity index (χ2n) is 3.02. The number of aromatic nitrogens is 1. The first kappa shape index (κ1) is 11.3. The molecule has 2 rings (SSSR count). The number of thiazole rings is 1. The summed E-state index contributed by atoms with van der Waals surface area (Å²) in [5, 5.41) is 7.36. The number of hydrogen-bond donors (Lipinski definition) is 0. The first-order chi connectivity index (χ1) is 7.31. The minimum atomic E-state index is 0.730. The highest BCUT2D eigenvalue weighted by molar-refractivity contribution is 9.10. The zero-order valence-electron chi connectivity index (χ0n) is 8.20. The molecular formula is C10H10BrNOS2. The van der Waals surface area contributed by atoms with Gasteiger partial charge in [0.25, 0.3) is 0 Å². The maximum absolute atomic E-state index is 5.03. The molecule has 15 heavy (non-hydrogen) atoms. The number of ether oxygens (including phenoxy) is 1. The molecule has 0 aliphatic carbocycles. The highest BCUT2D eigenvalue weighted by Gasteiger charge is 2.08. The minimum absolute atomic E-state index is 0.730. The summed E-state index contributed by atoms with van der Waals surface area (Å²) in [6.45, 7) is 0.730. The first-order valence-corrected chi connectivity index (χ1v) is 7.08. The number of nitrogens with zero attached hydrogens (tertiary/aromatic N) is 1. The van der Waals surface area contributed by atoms with Gasteiger partial charge in [-0.25, -0.2) is 4.98 Å². The molecule has 0 aromatic carbocycles. The van der Waals surface area contributed by atoms with E-state index in [1.807, 2.05) is 0 Å². The van der Waals surface area contributed by atoms with Gasteiger partial charge in [-0.3, -0.25) is 0 Å². The van der Waals surface area contributed by atoms with E-state index in [1.165, 1.54) is 5.56 Å². The molecule has 0 N–H and O–H groups in total. The van der Waals surface area contributed by atoms with Crippen LogP contribution in [0.4, 0.5) is 0 Å². The molecule has 0 bridgehead atoms. The van der Waals surface area contributed by atoms with Crippen molar-refractivity contribution >= 4 is 38.6 Å². The van der Waals surface area contributed by atoms with E-state index in [1.54, 1.807) is 29.8 Å². The molecule has 0 aliphatic rings. The van der Waals surface area contributed by atoms with Crippen molar-refractivity contribution in [1.82, 2.24) is 4.98 Å². The van der Waals surface area contributed by atoms with Crippen molar-refractivity contribution < 1.29 is 4.74 Å². The predicted molar refractivity (Wildman–Crippen MR) is 68.7 cm³/mol. The fraction of sp³-hybridized carbons (Fsp3) is 0.300. The van der Waals surface area contributed by atoms with Crippen LogP contribution in [0.2, 0.25) is 0 Å². The fourth-order valence-electron chi connectivity index (χ4n) is 1.19. The predicted octanol–water partition coefficient (Wildman–Crippen LogP) is 3.82. The van der Waals surface area contributed by atoms with Crippen LogP contribution in [0.5, 0.6) is 0 Å². The SMILES string of the molecule is COCCc1csc(-c2cscc2Br)n1. The van der Waals surface area contributed by atoms with Gasteiger partial charge in [-0.15, -0.1) is 11.3 Å². The molecule has 0 atom stereocenters. The van der Waals surface area contributed by atoms with Gasteiger partial charge >= 0.3 is 0 Å². The van der Waals surface area contributed by atoms with E-state index in [4.69, 9.17) is 4.74 Å². The zero-order chi connectivity index (χ0) is 10.7. The van der Waals surface area contributed by atoms with Gasteiger partial charge in [0.15, 0.2) is 0 Å². The highest BCUT2D eigenvalue weighted by Crippen LogP contribution is 2.33. The summed E-state index contributed by atoms with van der Waals surface area (Å²) < 4.78 is 6.15. The molecule has 0 fully saturated rings. The molecule has 2 aromatic heterocycles. The van der Waals surface area contributed by atoms with E-state index < -0.39 is 0 Å². The van der Waals surface area contributed by atoms with Gasteiger partial charge in [0.05, 0.1) is 12.3 Å². The lowest BCUT2D eigenvalue weighted by molar-refractivity contribution is 0.201. The van der Waals surface area contributed by atoms with E-state index in [-0.39, 0.29) is 0 Å². The van der Waals surface area contributed by atoms with Crippen LogP contribution in [0.15, 0.2) is 20.6 Å². The lowest BCUT2D eigenvalue weighted by Gasteiger charge is -1.94.